The molecule has 162 valence electrons. The van der Waals surface area contributed by atoms with Gasteiger partial charge >= 0.3 is 11.4 Å². The van der Waals surface area contributed by atoms with Gasteiger partial charge in [0.05, 0.1) is 4.92 Å². The van der Waals surface area contributed by atoms with E-state index in [-0.39, 0.29) is 11.2 Å². The van der Waals surface area contributed by atoms with Crippen LogP contribution >= 0.6 is 0 Å². The van der Waals surface area contributed by atoms with Crippen LogP contribution < -0.4 is 21.5 Å². The van der Waals surface area contributed by atoms with Crippen molar-refractivity contribution >= 4 is 17.2 Å². The molecule has 1 fully saturated rings. The lowest BCUT2D eigenvalue weighted by molar-refractivity contribution is -0.387. The summed E-state index contributed by atoms with van der Waals surface area (Å²) in [5, 5.41) is 13.7. The maximum atomic E-state index is 13.6. The molecule has 0 atom stereocenters. The first-order valence-corrected chi connectivity index (χ1v) is 9.70. The molecule has 0 aliphatic carbocycles. The number of halogens is 1. The molecule has 1 aromatic carbocycles. The smallest absolute Gasteiger partial charge is 0.332 e. The van der Waals surface area contributed by atoms with Crippen molar-refractivity contribution in [1.29, 1.82) is 0 Å². The van der Waals surface area contributed by atoms with Gasteiger partial charge in [0.2, 0.25) is 5.82 Å². The van der Waals surface area contributed by atoms with Crippen molar-refractivity contribution in [3.8, 4) is 0 Å². The zero-order valence-corrected chi connectivity index (χ0v) is 17.0. The molecule has 30 heavy (non-hydrogen) atoms. The van der Waals surface area contributed by atoms with E-state index in [0.717, 1.165) is 42.8 Å². The minimum atomic E-state index is -0.855. The molecule has 1 N–H and O–H groups in total. The molecular formula is C19H25FN6O4. The molecule has 1 aliphatic rings. The number of benzene rings is 1. The molecule has 0 unspecified atom stereocenters. The van der Waals surface area contributed by atoms with Gasteiger partial charge in [-0.25, -0.2) is 4.79 Å². The highest BCUT2D eigenvalue weighted by Crippen LogP contribution is 2.20. The molecule has 0 radical (unpaired) electrons. The number of nitro benzene ring substituents is 1. The van der Waals surface area contributed by atoms with E-state index in [2.05, 4.69) is 10.2 Å². The zero-order valence-electron chi connectivity index (χ0n) is 17.0. The normalized spacial score (nSPS) is 14.7. The highest BCUT2D eigenvalue weighted by molar-refractivity contribution is 5.49. The van der Waals surface area contributed by atoms with E-state index in [1.165, 1.54) is 23.7 Å². The van der Waals surface area contributed by atoms with E-state index in [1.807, 2.05) is 4.90 Å². The molecule has 11 heteroatoms. The molecule has 2 heterocycles. The molecule has 0 spiro atoms. The van der Waals surface area contributed by atoms with Crippen LogP contribution in [0.25, 0.3) is 0 Å². The fourth-order valence-electron chi connectivity index (χ4n) is 3.53. The van der Waals surface area contributed by atoms with Gasteiger partial charge in [-0.15, -0.1) is 0 Å². The minimum Gasteiger partial charge on any atom is -0.385 e. The summed E-state index contributed by atoms with van der Waals surface area (Å²) < 4.78 is 16.2. The predicted octanol–water partition coefficient (Wildman–Crippen LogP) is 0.755. The number of piperazine rings is 1. The van der Waals surface area contributed by atoms with Gasteiger partial charge < -0.3 is 10.2 Å². The lowest BCUT2D eigenvalue weighted by Gasteiger charge is -2.36. The lowest BCUT2D eigenvalue weighted by atomic mass is 10.2. The summed E-state index contributed by atoms with van der Waals surface area (Å²) in [4.78, 5) is 38.3. The Hall–Kier alpha value is -3.21. The molecule has 0 bridgehead atoms. The van der Waals surface area contributed by atoms with Crippen molar-refractivity contribution in [2.45, 2.75) is 6.42 Å². The van der Waals surface area contributed by atoms with Crippen molar-refractivity contribution in [2.24, 2.45) is 14.1 Å². The van der Waals surface area contributed by atoms with Gasteiger partial charge in [-0.1, -0.05) is 0 Å². The molecule has 3 rings (SSSR count). The maximum Gasteiger partial charge on any atom is 0.332 e. The van der Waals surface area contributed by atoms with Crippen LogP contribution in [-0.4, -0.2) is 58.2 Å². The summed E-state index contributed by atoms with van der Waals surface area (Å²) in [6, 6.07) is 5.27. The molecular weight excluding hydrogens is 395 g/mol. The second kappa shape index (κ2) is 9.08. The monoisotopic (exact) mass is 420 g/mol. The van der Waals surface area contributed by atoms with E-state index in [0.29, 0.717) is 31.1 Å². The Balaban J connectivity index is 1.46. The standard InChI is InChI=1S/C19H25FN6O4/c1-22-17(13-18(27)23(2)19(22)28)25-10-8-24(9-11-25)7-3-6-21-14-4-5-16(26(29)30)15(20)12-14/h4-5,12-13,21H,3,6-11H2,1-2H3. The van der Waals surface area contributed by atoms with Gasteiger partial charge in [0, 0.05) is 70.7 Å². The highest BCUT2D eigenvalue weighted by Gasteiger charge is 2.20. The van der Waals surface area contributed by atoms with Crippen molar-refractivity contribution in [3.05, 3.63) is 61.0 Å². The largest absolute Gasteiger partial charge is 0.385 e. The summed E-state index contributed by atoms with van der Waals surface area (Å²) >= 11 is 0. The summed E-state index contributed by atoms with van der Waals surface area (Å²) in [5.74, 6) is -0.226. The van der Waals surface area contributed by atoms with Crippen molar-refractivity contribution in [1.82, 2.24) is 14.0 Å². The van der Waals surface area contributed by atoms with Gasteiger partial charge in [0.25, 0.3) is 5.56 Å². The SMILES string of the molecule is Cn1c(N2CCN(CCCNc3ccc([N+](=O)[O-])c(F)c3)CC2)cc(=O)n(C)c1=O. The van der Waals surface area contributed by atoms with E-state index >= 15 is 0 Å². The number of hydrogen-bond donors (Lipinski definition) is 1. The zero-order chi connectivity index (χ0) is 21.8. The van der Waals surface area contributed by atoms with E-state index < -0.39 is 16.4 Å². The third-order valence-corrected chi connectivity index (χ3v) is 5.32. The number of anilines is 2. The summed E-state index contributed by atoms with van der Waals surface area (Å²) in [5.41, 5.74) is -0.681. The minimum absolute atomic E-state index is 0.315. The summed E-state index contributed by atoms with van der Waals surface area (Å²) in [6.45, 7) is 4.47. The average Bonchev–Trinajstić information content (AvgIpc) is 2.72. The molecule has 0 saturated carbocycles. The fourth-order valence-corrected chi connectivity index (χ4v) is 3.53. The van der Waals surface area contributed by atoms with Crippen molar-refractivity contribution < 1.29 is 9.31 Å². The Morgan fingerprint density at radius 2 is 1.80 bits per heavy atom. The number of nitrogens with one attached hydrogen (secondary N) is 1. The third kappa shape index (κ3) is 4.67. The Kier molecular flexibility index (Phi) is 6.50. The molecule has 0 amide bonds. The van der Waals surface area contributed by atoms with Gasteiger partial charge in [0.15, 0.2) is 0 Å². The van der Waals surface area contributed by atoms with Crippen molar-refractivity contribution in [3.63, 3.8) is 0 Å². The van der Waals surface area contributed by atoms with Crippen LogP contribution in [0, 0.1) is 15.9 Å². The van der Waals surface area contributed by atoms with E-state index in [1.54, 1.807) is 7.05 Å². The van der Waals surface area contributed by atoms with Crippen LogP contribution in [0.15, 0.2) is 33.9 Å². The second-order valence-electron chi connectivity index (χ2n) is 7.27. The third-order valence-electron chi connectivity index (χ3n) is 5.32. The quantitative estimate of drug-likeness (QED) is 0.400. The van der Waals surface area contributed by atoms with E-state index in [9.17, 15) is 24.1 Å². The molecule has 2 aromatic rings. The topological polar surface area (TPSA) is 106 Å². The van der Waals surface area contributed by atoms with Gasteiger partial charge in [-0.2, -0.15) is 4.39 Å². The first-order chi connectivity index (χ1) is 14.3. The van der Waals surface area contributed by atoms with Gasteiger partial charge in [-0.3, -0.25) is 28.9 Å². The van der Waals surface area contributed by atoms with Crippen LogP contribution in [0.5, 0.6) is 0 Å². The Labute approximate surface area is 172 Å². The molecule has 1 aromatic heterocycles. The summed E-state index contributed by atoms with van der Waals surface area (Å²) in [6.07, 6.45) is 0.822. The first kappa shape index (κ1) is 21.5. The maximum absolute atomic E-state index is 13.6. The Morgan fingerprint density at radius 3 is 2.43 bits per heavy atom. The average molecular weight is 420 g/mol. The van der Waals surface area contributed by atoms with Crippen LogP contribution in [0.3, 0.4) is 0 Å². The number of rotatable bonds is 7. The number of hydrogen-bond acceptors (Lipinski definition) is 7. The molecule has 10 nitrogen and oxygen atoms in total. The summed E-state index contributed by atoms with van der Waals surface area (Å²) in [7, 11) is 3.13. The number of nitro groups is 1. The highest BCUT2D eigenvalue weighted by atomic mass is 19.1. The van der Waals surface area contributed by atoms with E-state index in [4.69, 9.17) is 0 Å². The predicted molar refractivity (Wildman–Crippen MR) is 112 cm³/mol. The molecule has 1 aliphatic heterocycles. The van der Waals surface area contributed by atoms with Crippen molar-refractivity contribution in [2.75, 3.05) is 49.5 Å². The van der Waals surface area contributed by atoms with Crippen LogP contribution in [0.4, 0.5) is 21.6 Å². The number of aromatic nitrogens is 2. The number of nitrogens with zero attached hydrogens (tertiary/aromatic N) is 5. The lowest BCUT2D eigenvalue weighted by Crippen LogP contribution is -2.49. The van der Waals surface area contributed by atoms with Gasteiger partial charge in [-0.05, 0) is 19.0 Å². The fraction of sp³-hybridized carbons (Fsp3) is 0.474. The van der Waals surface area contributed by atoms with Gasteiger partial charge in [0.1, 0.15) is 5.82 Å². The molecule has 1 saturated heterocycles. The van der Waals surface area contributed by atoms with Crippen LogP contribution in [0.2, 0.25) is 0 Å². The van der Waals surface area contributed by atoms with Crippen LogP contribution in [0.1, 0.15) is 6.42 Å². The first-order valence-electron chi connectivity index (χ1n) is 9.70. The second-order valence-corrected chi connectivity index (χ2v) is 7.27. The Bertz CT molecular complexity index is 1040. The Morgan fingerprint density at radius 1 is 1.10 bits per heavy atom. The van der Waals surface area contributed by atoms with Crippen LogP contribution in [-0.2, 0) is 14.1 Å².